The van der Waals surface area contributed by atoms with E-state index in [1.807, 2.05) is 0 Å². The van der Waals surface area contributed by atoms with Crippen molar-refractivity contribution in [3.05, 3.63) is 11.6 Å². The summed E-state index contributed by atoms with van der Waals surface area (Å²) in [5.74, 6) is 0. The Labute approximate surface area is 81.4 Å². The van der Waals surface area contributed by atoms with Crippen molar-refractivity contribution < 1.29 is 0 Å². The average molecular weight is 179 g/mol. The minimum absolute atomic E-state index is 0.368. The van der Waals surface area contributed by atoms with Gasteiger partial charge in [0.05, 0.1) is 0 Å². The predicted molar refractivity (Wildman–Crippen MR) is 56.5 cm³/mol. The molecule has 0 amide bonds. The van der Waals surface area contributed by atoms with Crippen LogP contribution in [0.3, 0.4) is 0 Å². The molecule has 0 radical (unpaired) electrons. The second-order valence-corrected chi connectivity index (χ2v) is 5.15. The summed E-state index contributed by atoms with van der Waals surface area (Å²) in [5.41, 5.74) is 8.36. The van der Waals surface area contributed by atoms with Crippen LogP contribution in [0.2, 0.25) is 0 Å². The van der Waals surface area contributed by atoms with Crippen LogP contribution in [0.1, 0.15) is 51.9 Å². The Morgan fingerprint density at radius 1 is 1.46 bits per heavy atom. The summed E-state index contributed by atoms with van der Waals surface area (Å²) in [6.07, 6.45) is 11.7. The van der Waals surface area contributed by atoms with Crippen LogP contribution in [0.4, 0.5) is 0 Å². The van der Waals surface area contributed by atoms with Crippen molar-refractivity contribution in [3.8, 4) is 0 Å². The Kier molecular flexibility index (Phi) is 2.46. The molecule has 2 aliphatic carbocycles. The molecule has 0 spiro atoms. The third-order valence-electron chi connectivity index (χ3n) is 3.62. The topological polar surface area (TPSA) is 26.0 Å². The maximum absolute atomic E-state index is 6.21. The van der Waals surface area contributed by atoms with E-state index in [2.05, 4.69) is 13.0 Å². The van der Waals surface area contributed by atoms with Crippen LogP contribution in [0.25, 0.3) is 0 Å². The van der Waals surface area contributed by atoms with Gasteiger partial charge in [0, 0.05) is 6.04 Å². The lowest BCUT2D eigenvalue weighted by Crippen LogP contribution is -2.26. The van der Waals surface area contributed by atoms with Crippen LogP contribution < -0.4 is 5.73 Å². The molecule has 1 heteroatoms. The number of hydrogen-bond donors (Lipinski definition) is 1. The molecule has 0 saturated heterocycles. The second kappa shape index (κ2) is 3.45. The highest BCUT2D eigenvalue weighted by Crippen LogP contribution is 2.49. The van der Waals surface area contributed by atoms with Crippen LogP contribution in [0, 0.1) is 5.41 Å². The predicted octanol–water partition coefficient (Wildman–Crippen LogP) is 3.00. The zero-order chi connectivity index (χ0) is 9.31. The molecule has 1 nitrogen and oxygen atoms in total. The second-order valence-electron chi connectivity index (χ2n) is 5.15. The van der Waals surface area contributed by atoms with Crippen molar-refractivity contribution in [2.24, 2.45) is 11.1 Å². The molecule has 1 atom stereocenters. The first-order chi connectivity index (χ1) is 6.20. The molecular formula is C12H21N. The summed E-state index contributed by atoms with van der Waals surface area (Å²) in [6, 6.07) is 0.368. The van der Waals surface area contributed by atoms with Gasteiger partial charge < -0.3 is 5.73 Å². The van der Waals surface area contributed by atoms with Crippen molar-refractivity contribution in [1.82, 2.24) is 0 Å². The van der Waals surface area contributed by atoms with Crippen molar-refractivity contribution in [2.45, 2.75) is 57.9 Å². The number of allylic oxidation sites excluding steroid dienone is 1. The molecule has 0 aromatic carbocycles. The fourth-order valence-corrected chi connectivity index (χ4v) is 2.28. The van der Waals surface area contributed by atoms with Gasteiger partial charge in [-0.25, -0.2) is 0 Å². The highest BCUT2D eigenvalue weighted by molar-refractivity contribution is 5.14. The lowest BCUT2D eigenvalue weighted by atomic mass is 9.88. The molecule has 2 aliphatic rings. The molecule has 74 valence electrons. The molecule has 13 heavy (non-hydrogen) atoms. The first kappa shape index (κ1) is 9.26. The average Bonchev–Trinajstić information content (AvgIpc) is 2.85. The summed E-state index contributed by atoms with van der Waals surface area (Å²) < 4.78 is 0. The summed E-state index contributed by atoms with van der Waals surface area (Å²) in [4.78, 5) is 0. The van der Waals surface area contributed by atoms with Gasteiger partial charge in [0.25, 0.3) is 0 Å². The molecular weight excluding hydrogens is 158 g/mol. The van der Waals surface area contributed by atoms with Crippen LogP contribution in [0.15, 0.2) is 11.6 Å². The smallest absolute Gasteiger partial charge is 0.0258 e. The Hall–Kier alpha value is -0.300. The third-order valence-corrected chi connectivity index (χ3v) is 3.62. The molecule has 2 N–H and O–H groups in total. The Balaban J connectivity index is 1.88. The van der Waals surface area contributed by atoms with Crippen LogP contribution in [-0.2, 0) is 0 Å². The summed E-state index contributed by atoms with van der Waals surface area (Å²) >= 11 is 0. The summed E-state index contributed by atoms with van der Waals surface area (Å²) in [5, 5.41) is 0. The minimum atomic E-state index is 0.368. The Bertz CT molecular complexity index is 213. The van der Waals surface area contributed by atoms with Crippen LogP contribution >= 0.6 is 0 Å². The van der Waals surface area contributed by atoms with Gasteiger partial charge in [-0.1, -0.05) is 18.6 Å². The Morgan fingerprint density at radius 2 is 2.23 bits per heavy atom. The fraction of sp³-hybridized carbons (Fsp3) is 0.833. The van der Waals surface area contributed by atoms with E-state index in [-0.39, 0.29) is 0 Å². The number of rotatable bonds is 3. The van der Waals surface area contributed by atoms with Crippen molar-refractivity contribution in [2.75, 3.05) is 0 Å². The molecule has 1 fully saturated rings. The summed E-state index contributed by atoms with van der Waals surface area (Å²) in [7, 11) is 0. The third kappa shape index (κ3) is 2.34. The molecule has 0 aliphatic heterocycles. The largest absolute Gasteiger partial charge is 0.324 e. The van der Waals surface area contributed by atoms with E-state index in [0.717, 1.165) is 0 Å². The van der Waals surface area contributed by atoms with E-state index in [1.54, 1.807) is 5.57 Å². The molecule has 1 unspecified atom stereocenters. The fourth-order valence-electron chi connectivity index (χ4n) is 2.28. The van der Waals surface area contributed by atoms with Gasteiger partial charge in [-0.05, 0) is 50.4 Å². The lowest BCUT2D eigenvalue weighted by Gasteiger charge is -2.22. The van der Waals surface area contributed by atoms with Gasteiger partial charge in [0.1, 0.15) is 0 Å². The first-order valence-electron chi connectivity index (χ1n) is 5.64. The van der Waals surface area contributed by atoms with Crippen molar-refractivity contribution in [1.29, 1.82) is 0 Å². The van der Waals surface area contributed by atoms with Crippen molar-refractivity contribution >= 4 is 0 Å². The Morgan fingerprint density at radius 3 is 2.77 bits per heavy atom. The van der Waals surface area contributed by atoms with E-state index >= 15 is 0 Å². The minimum Gasteiger partial charge on any atom is -0.324 e. The maximum atomic E-state index is 6.21. The quantitative estimate of drug-likeness (QED) is 0.662. The van der Waals surface area contributed by atoms with Gasteiger partial charge >= 0.3 is 0 Å². The number of hydrogen-bond acceptors (Lipinski definition) is 1. The molecule has 0 aromatic rings. The van der Waals surface area contributed by atoms with Gasteiger partial charge in [-0.15, -0.1) is 0 Å². The van der Waals surface area contributed by atoms with E-state index in [0.29, 0.717) is 11.5 Å². The molecule has 1 saturated carbocycles. The maximum Gasteiger partial charge on any atom is 0.0258 e. The first-order valence-corrected chi connectivity index (χ1v) is 5.64. The van der Waals surface area contributed by atoms with E-state index in [4.69, 9.17) is 5.73 Å². The van der Waals surface area contributed by atoms with Gasteiger partial charge in [-0.2, -0.15) is 0 Å². The SMILES string of the molecule is CC1(CC(N)C2=CCCCC2)CC1. The van der Waals surface area contributed by atoms with Crippen LogP contribution in [0.5, 0.6) is 0 Å². The van der Waals surface area contributed by atoms with E-state index in [9.17, 15) is 0 Å². The zero-order valence-corrected chi connectivity index (χ0v) is 8.68. The normalized spacial score (nSPS) is 28.0. The summed E-state index contributed by atoms with van der Waals surface area (Å²) in [6.45, 7) is 2.37. The molecule has 0 bridgehead atoms. The molecule has 0 aromatic heterocycles. The lowest BCUT2D eigenvalue weighted by molar-refractivity contribution is 0.462. The van der Waals surface area contributed by atoms with Gasteiger partial charge in [0.15, 0.2) is 0 Å². The highest BCUT2D eigenvalue weighted by atomic mass is 14.7. The zero-order valence-electron chi connectivity index (χ0n) is 8.68. The van der Waals surface area contributed by atoms with E-state index in [1.165, 1.54) is 44.9 Å². The molecule has 0 heterocycles. The van der Waals surface area contributed by atoms with Crippen molar-refractivity contribution in [3.63, 3.8) is 0 Å². The van der Waals surface area contributed by atoms with Gasteiger partial charge in [0.2, 0.25) is 0 Å². The van der Waals surface area contributed by atoms with E-state index < -0.39 is 0 Å². The standard InChI is InChI=1S/C12H21N/c1-12(7-8-12)9-11(13)10-5-3-2-4-6-10/h5,11H,2-4,6-9,13H2,1H3. The highest BCUT2D eigenvalue weighted by Gasteiger charge is 2.38. The molecule has 2 rings (SSSR count). The number of nitrogens with two attached hydrogens (primary N) is 1. The van der Waals surface area contributed by atoms with Gasteiger partial charge in [-0.3, -0.25) is 0 Å². The van der Waals surface area contributed by atoms with Crippen LogP contribution in [-0.4, -0.2) is 6.04 Å². The monoisotopic (exact) mass is 179 g/mol.